The van der Waals surface area contributed by atoms with Crippen LogP contribution in [-0.4, -0.2) is 37.3 Å². The summed E-state index contributed by atoms with van der Waals surface area (Å²) < 4.78 is 29.8. The molecule has 0 saturated carbocycles. The molecule has 11 heteroatoms. The number of carbonyl (C=O) groups is 1. The number of nitrogens with zero attached hydrogens (tertiary/aromatic N) is 3. The molecule has 27 heavy (non-hydrogen) atoms. The second-order valence-electron chi connectivity index (χ2n) is 5.76. The highest BCUT2D eigenvalue weighted by atomic mass is 32.2. The minimum atomic E-state index is -2.06. The molecule has 10 nitrogen and oxygen atoms in total. The summed E-state index contributed by atoms with van der Waals surface area (Å²) in [7, 11) is 1.41. The summed E-state index contributed by atoms with van der Waals surface area (Å²) in [4.78, 5) is 24.5. The van der Waals surface area contributed by atoms with Gasteiger partial charge in [-0.2, -0.15) is 9.76 Å². The highest BCUT2D eigenvalue weighted by molar-refractivity contribution is 7.80. The first-order valence-corrected chi connectivity index (χ1v) is 9.28. The van der Waals surface area contributed by atoms with Crippen LogP contribution in [-0.2, 0) is 22.4 Å². The van der Waals surface area contributed by atoms with Crippen molar-refractivity contribution in [2.75, 3.05) is 6.61 Å². The Bertz CT molecular complexity index is 905. The van der Waals surface area contributed by atoms with Crippen molar-refractivity contribution in [2.45, 2.75) is 38.7 Å². The minimum absolute atomic E-state index is 0.0229. The van der Waals surface area contributed by atoms with Crippen LogP contribution < -0.4 is 20.6 Å². The lowest BCUT2D eigenvalue weighted by molar-refractivity contribution is 0.185. The van der Waals surface area contributed by atoms with Gasteiger partial charge in [-0.1, -0.05) is 12.1 Å². The summed E-state index contributed by atoms with van der Waals surface area (Å²) in [6.07, 6.45) is -0.138. The topological polar surface area (TPSA) is 114 Å². The number of amides is 1. The summed E-state index contributed by atoms with van der Waals surface area (Å²) >= 11 is -2.06. The SMILES string of the molecule is CCOc1nn(C(=O)NOS(=O)c2c(C)cccc2OC(C)C)c(=O)n1C. The van der Waals surface area contributed by atoms with Crippen LogP contribution in [0, 0.1) is 6.92 Å². The van der Waals surface area contributed by atoms with Crippen molar-refractivity contribution in [1.29, 1.82) is 0 Å². The normalized spacial score (nSPS) is 12.1. The van der Waals surface area contributed by atoms with Gasteiger partial charge in [-0.3, -0.25) is 0 Å². The summed E-state index contributed by atoms with van der Waals surface area (Å²) in [5.41, 5.74) is 1.90. The molecular weight excluding hydrogens is 376 g/mol. The molecule has 2 aromatic rings. The molecule has 0 bridgehead atoms. The third-order valence-electron chi connectivity index (χ3n) is 3.32. The Labute approximate surface area is 158 Å². The van der Waals surface area contributed by atoms with Crippen molar-refractivity contribution in [3.05, 3.63) is 34.2 Å². The monoisotopic (exact) mass is 398 g/mol. The number of hydrogen-bond acceptors (Lipinski definition) is 7. The molecule has 1 aromatic carbocycles. The number of ether oxygens (including phenoxy) is 2. The van der Waals surface area contributed by atoms with Crippen LogP contribution in [0.25, 0.3) is 0 Å². The third kappa shape index (κ3) is 4.74. The Hall–Kier alpha value is -2.66. The lowest BCUT2D eigenvalue weighted by Crippen LogP contribution is -2.37. The van der Waals surface area contributed by atoms with E-state index in [1.165, 1.54) is 7.05 Å². The molecule has 1 heterocycles. The molecule has 0 aliphatic heterocycles. The lowest BCUT2D eigenvalue weighted by Gasteiger charge is -2.15. The van der Waals surface area contributed by atoms with Gasteiger partial charge in [0, 0.05) is 7.05 Å². The van der Waals surface area contributed by atoms with Crippen LogP contribution in [0.4, 0.5) is 4.79 Å². The van der Waals surface area contributed by atoms with Crippen LogP contribution in [0.3, 0.4) is 0 Å². The number of benzene rings is 1. The minimum Gasteiger partial charge on any atom is -0.490 e. The second-order valence-corrected chi connectivity index (χ2v) is 6.81. The van der Waals surface area contributed by atoms with Crippen LogP contribution >= 0.6 is 0 Å². The molecule has 0 aliphatic rings. The van der Waals surface area contributed by atoms with Crippen molar-refractivity contribution in [3.8, 4) is 11.8 Å². The van der Waals surface area contributed by atoms with E-state index >= 15 is 0 Å². The maximum Gasteiger partial charge on any atom is 0.371 e. The third-order valence-corrected chi connectivity index (χ3v) is 4.41. The zero-order valence-electron chi connectivity index (χ0n) is 15.7. The van der Waals surface area contributed by atoms with Crippen LogP contribution in [0.1, 0.15) is 26.3 Å². The molecule has 148 valence electrons. The van der Waals surface area contributed by atoms with E-state index in [1.807, 2.05) is 19.3 Å². The summed E-state index contributed by atoms with van der Waals surface area (Å²) in [6.45, 7) is 7.40. The van der Waals surface area contributed by atoms with E-state index < -0.39 is 22.8 Å². The molecule has 1 unspecified atom stereocenters. The van der Waals surface area contributed by atoms with E-state index in [4.69, 9.17) is 13.8 Å². The highest BCUT2D eigenvalue weighted by Gasteiger charge is 2.21. The standard InChI is InChI=1S/C16H22N4O6S/c1-6-24-15-17-20(16(22)19(15)5)14(21)18-26-27(23)13-11(4)8-7-9-12(13)25-10(2)3/h7-10H,6H2,1-5H3,(H,18,21). The molecule has 1 N–H and O–H groups in total. The lowest BCUT2D eigenvalue weighted by atomic mass is 10.2. The molecule has 2 rings (SSSR count). The average Bonchev–Trinajstić information content (AvgIpc) is 2.88. The van der Waals surface area contributed by atoms with E-state index in [0.29, 0.717) is 16.0 Å². The van der Waals surface area contributed by atoms with Crippen LogP contribution in [0.5, 0.6) is 11.8 Å². The first kappa shape index (κ1) is 20.6. The van der Waals surface area contributed by atoms with Gasteiger partial charge in [-0.25, -0.2) is 18.4 Å². The number of carbonyl (C=O) groups excluding carboxylic acids is 1. The first-order chi connectivity index (χ1) is 12.8. The maximum atomic E-state index is 12.5. The Morgan fingerprint density at radius 3 is 2.70 bits per heavy atom. The number of hydrogen-bond donors (Lipinski definition) is 1. The molecule has 0 spiro atoms. The largest absolute Gasteiger partial charge is 0.490 e. The highest BCUT2D eigenvalue weighted by Crippen LogP contribution is 2.27. The summed E-state index contributed by atoms with van der Waals surface area (Å²) in [6, 6.07) is 4.13. The van der Waals surface area contributed by atoms with Gasteiger partial charge in [0.2, 0.25) is 11.1 Å². The summed E-state index contributed by atoms with van der Waals surface area (Å²) in [5.74, 6) is 0.381. The number of rotatable bonds is 7. The van der Waals surface area contributed by atoms with Gasteiger partial charge in [0.25, 0.3) is 0 Å². The Balaban J connectivity index is 2.16. The van der Waals surface area contributed by atoms with Crippen LogP contribution in [0.15, 0.2) is 27.9 Å². The maximum absolute atomic E-state index is 12.5. The smallest absolute Gasteiger partial charge is 0.371 e. The molecule has 1 aromatic heterocycles. The van der Waals surface area contributed by atoms with E-state index in [1.54, 1.807) is 32.0 Å². The average molecular weight is 398 g/mol. The zero-order chi connectivity index (χ0) is 20.1. The van der Waals surface area contributed by atoms with Gasteiger partial charge < -0.3 is 9.47 Å². The fraction of sp³-hybridized carbons (Fsp3) is 0.438. The Morgan fingerprint density at radius 1 is 1.37 bits per heavy atom. The second kappa shape index (κ2) is 8.82. The van der Waals surface area contributed by atoms with E-state index in [0.717, 1.165) is 4.57 Å². The van der Waals surface area contributed by atoms with Gasteiger partial charge in [0.05, 0.1) is 12.7 Å². The summed E-state index contributed by atoms with van der Waals surface area (Å²) in [5, 5.41) is 3.75. The number of aromatic nitrogens is 3. The van der Waals surface area contributed by atoms with Gasteiger partial charge in [0.1, 0.15) is 10.6 Å². The zero-order valence-corrected chi connectivity index (χ0v) is 16.5. The Morgan fingerprint density at radius 2 is 2.07 bits per heavy atom. The quantitative estimate of drug-likeness (QED) is 0.699. The first-order valence-electron chi connectivity index (χ1n) is 8.20. The molecule has 0 radical (unpaired) electrons. The molecule has 1 atom stereocenters. The molecule has 0 saturated heterocycles. The van der Waals surface area contributed by atoms with Crippen molar-refractivity contribution in [3.63, 3.8) is 0 Å². The molecule has 0 aliphatic carbocycles. The van der Waals surface area contributed by atoms with E-state index in [9.17, 15) is 13.8 Å². The predicted molar refractivity (Wildman–Crippen MR) is 97.0 cm³/mol. The molecular formula is C16H22N4O6S. The van der Waals surface area contributed by atoms with Gasteiger partial charge in [-0.05, 0) is 39.3 Å². The fourth-order valence-corrected chi connectivity index (χ4v) is 2.99. The number of aryl methyl sites for hydroxylation is 1. The van der Waals surface area contributed by atoms with E-state index in [2.05, 4.69) is 5.10 Å². The number of nitrogens with one attached hydrogen (secondary N) is 1. The van der Waals surface area contributed by atoms with Crippen molar-refractivity contribution in [2.24, 2.45) is 7.05 Å². The Kier molecular flexibility index (Phi) is 6.75. The fourth-order valence-electron chi connectivity index (χ4n) is 2.15. The van der Waals surface area contributed by atoms with Crippen molar-refractivity contribution < 1.29 is 22.8 Å². The van der Waals surface area contributed by atoms with Gasteiger partial charge >= 0.3 is 17.7 Å². The van der Waals surface area contributed by atoms with Crippen molar-refractivity contribution >= 4 is 17.1 Å². The van der Waals surface area contributed by atoms with Crippen molar-refractivity contribution in [1.82, 2.24) is 19.8 Å². The van der Waals surface area contributed by atoms with Crippen LogP contribution in [0.2, 0.25) is 0 Å². The predicted octanol–water partition coefficient (Wildman–Crippen LogP) is 1.29. The van der Waals surface area contributed by atoms with E-state index in [-0.39, 0.29) is 23.6 Å². The molecule has 0 fully saturated rings. The number of hydroxylamine groups is 1. The molecule has 1 amide bonds. The van der Waals surface area contributed by atoms with Gasteiger partial charge in [0.15, 0.2) is 0 Å². The van der Waals surface area contributed by atoms with Gasteiger partial charge in [-0.15, -0.1) is 9.78 Å².